The van der Waals surface area contributed by atoms with Gasteiger partial charge in [-0.3, -0.25) is 0 Å². The highest BCUT2D eigenvalue weighted by Crippen LogP contribution is 2.32. The highest BCUT2D eigenvalue weighted by molar-refractivity contribution is 5.87. The van der Waals surface area contributed by atoms with Gasteiger partial charge in [0.1, 0.15) is 5.76 Å². The monoisotopic (exact) mass is 248 g/mol. The van der Waals surface area contributed by atoms with Crippen LogP contribution in [0.1, 0.15) is 25.2 Å². The lowest BCUT2D eigenvalue weighted by molar-refractivity contribution is 0.299. The normalized spacial score (nSPS) is 9.94. The second-order valence-electron chi connectivity index (χ2n) is 3.62. The average molecular weight is 248 g/mol. The molecule has 0 aliphatic rings. The Morgan fingerprint density at radius 1 is 1.33 bits per heavy atom. The fourth-order valence-corrected chi connectivity index (χ4v) is 1.89. The van der Waals surface area contributed by atoms with Crippen molar-refractivity contribution in [3.05, 3.63) is 42.2 Å². The van der Waals surface area contributed by atoms with Gasteiger partial charge in [-0.25, -0.2) is 0 Å². The van der Waals surface area contributed by atoms with Crippen LogP contribution in [0.15, 0.2) is 35.3 Å². The Labute approximate surface area is 107 Å². The molecule has 0 spiro atoms. The summed E-state index contributed by atoms with van der Waals surface area (Å²) in [6.07, 6.45) is 2.87. The van der Waals surface area contributed by atoms with Gasteiger partial charge in [0.05, 0.1) is 0 Å². The smallest absolute Gasteiger partial charge is 0.176 e. The van der Waals surface area contributed by atoms with Crippen LogP contribution in [0.25, 0.3) is 11.0 Å². The predicted molar refractivity (Wildman–Crippen MR) is 73.9 cm³/mol. The summed E-state index contributed by atoms with van der Waals surface area (Å²) in [6, 6.07) is 5.24. The van der Waals surface area contributed by atoms with E-state index in [4.69, 9.17) is 9.52 Å². The van der Waals surface area contributed by atoms with Gasteiger partial charge in [0.15, 0.2) is 11.3 Å². The second kappa shape index (κ2) is 6.87. The van der Waals surface area contributed by atoms with Gasteiger partial charge in [0.25, 0.3) is 0 Å². The van der Waals surface area contributed by atoms with Crippen molar-refractivity contribution in [3.63, 3.8) is 0 Å². The number of hydrogen-bond acceptors (Lipinski definition) is 3. The molecule has 0 aliphatic carbocycles. The topological polar surface area (TPSA) is 53.6 Å². The van der Waals surface area contributed by atoms with Gasteiger partial charge in [0.2, 0.25) is 0 Å². The molecule has 2 rings (SSSR count). The Balaban J connectivity index is 0.000000771. The molecular weight excluding hydrogens is 228 g/mol. The molecule has 2 aromatic rings. The van der Waals surface area contributed by atoms with E-state index in [1.165, 1.54) is 0 Å². The van der Waals surface area contributed by atoms with E-state index >= 15 is 0 Å². The van der Waals surface area contributed by atoms with E-state index in [0.717, 1.165) is 16.7 Å². The molecule has 3 heteroatoms. The van der Waals surface area contributed by atoms with E-state index in [-0.39, 0.29) is 12.4 Å². The Hall–Kier alpha value is -1.74. The highest BCUT2D eigenvalue weighted by atomic mass is 16.4. The van der Waals surface area contributed by atoms with Crippen molar-refractivity contribution in [1.29, 1.82) is 0 Å². The second-order valence-corrected chi connectivity index (χ2v) is 3.62. The third-order valence-corrected chi connectivity index (χ3v) is 2.57. The number of aliphatic hydroxyl groups is 1. The van der Waals surface area contributed by atoms with Gasteiger partial charge < -0.3 is 14.6 Å². The third kappa shape index (κ3) is 2.74. The largest absolute Gasteiger partial charge is 0.504 e. The Morgan fingerprint density at radius 2 is 2.06 bits per heavy atom. The number of fused-ring (bicyclic) bond motifs is 1. The van der Waals surface area contributed by atoms with Crippen molar-refractivity contribution in [2.75, 3.05) is 6.61 Å². The minimum atomic E-state index is 0.0639. The summed E-state index contributed by atoms with van der Waals surface area (Å²) in [4.78, 5) is 0. The van der Waals surface area contributed by atoms with Crippen molar-refractivity contribution in [2.24, 2.45) is 0 Å². The van der Waals surface area contributed by atoms with E-state index in [2.05, 4.69) is 6.58 Å². The zero-order valence-corrected chi connectivity index (χ0v) is 10.9. The SMILES string of the molecule is C=CCc1oc2c(O)cccc2c1CCO.CC. The number of phenols is 1. The van der Waals surface area contributed by atoms with E-state index in [1.54, 1.807) is 18.2 Å². The highest BCUT2D eigenvalue weighted by Gasteiger charge is 2.14. The predicted octanol–water partition coefficient (Wildman–Crippen LogP) is 3.43. The van der Waals surface area contributed by atoms with Crippen LogP contribution in [0.3, 0.4) is 0 Å². The summed E-state index contributed by atoms with van der Waals surface area (Å²) in [5.74, 6) is 0.896. The van der Waals surface area contributed by atoms with E-state index in [9.17, 15) is 5.11 Å². The summed E-state index contributed by atoms with van der Waals surface area (Å²) in [6.45, 7) is 7.73. The number of allylic oxidation sites excluding steroid dienone is 1. The van der Waals surface area contributed by atoms with Gasteiger partial charge in [-0.15, -0.1) is 6.58 Å². The quantitative estimate of drug-likeness (QED) is 0.815. The minimum Gasteiger partial charge on any atom is -0.504 e. The summed E-state index contributed by atoms with van der Waals surface area (Å²) in [5, 5.41) is 19.6. The molecule has 0 unspecified atom stereocenters. The molecular formula is C15H20O3. The fraction of sp³-hybridized carbons (Fsp3) is 0.333. The lowest BCUT2D eigenvalue weighted by atomic mass is 10.1. The number of furan rings is 1. The van der Waals surface area contributed by atoms with E-state index < -0.39 is 0 Å². The van der Waals surface area contributed by atoms with Crippen LogP contribution in [-0.2, 0) is 12.8 Å². The summed E-state index contributed by atoms with van der Waals surface area (Å²) in [5.41, 5.74) is 1.44. The van der Waals surface area contributed by atoms with Crippen LogP contribution in [0.5, 0.6) is 5.75 Å². The maximum absolute atomic E-state index is 9.66. The number of aromatic hydroxyl groups is 1. The molecule has 98 valence electrons. The van der Waals surface area contributed by atoms with Crippen LogP contribution >= 0.6 is 0 Å². The van der Waals surface area contributed by atoms with Gasteiger partial charge in [-0.05, 0) is 12.5 Å². The number of aliphatic hydroxyl groups excluding tert-OH is 1. The minimum absolute atomic E-state index is 0.0639. The van der Waals surface area contributed by atoms with Crippen LogP contribution in [0.4, 0.5) is 0 Å². The van der Waals surface area contributed by atoms with Crippen molar-refractivity contribution in [1.82, 2.24) is 0 Å². The van der Waals surface area contributed by atoms with Crippen LogP contribution in [-0.4, -0.2) is 16.8 Å². The van der Waals surface area contributed by atoms with Gasteiger partial charge in [-0.2, -0.15) is 0 Å². The molecule has 0 atom stereocenters. The third-order valence-electron chi connectivity index (χ3n) is 2.57. The summed E-state index contributed by atoms with van der Waals surface area (Å²) >= 11 is 0. The molecule has 1 heterocycles. The first kappa shape index (κ1) is 14.3. The summed E-state index contributed by atoms with van der Waals surface area (Å²) in [7, 11) is 0. The Kier molecular flexibility index (Phi) is 5.46. The van der Waals surface area contributed by atoms with Gasteiger partial charge in [0, 0.05) is 24.0 Å². The van der Waals surface area contributed by atoms with E-state index in [0.29, 0.717) is 18.4 Å². The van der Waals surface area contributed by atoms with Crippen LogP contribution < -0.4 is 0 Å². The van der Waals surface area contributed by atoms with Crippen molar-refractivity contribution in [3.8, 4) is 5.75 Å². The van der Waals surface area contributed by atoms with Crippen molar-refractivity contribution < 1.29 is 14.6 Å². The molecule has 0 saturated heterocycles. The molecule has 0 amide bonds. The molecule has 1 aromatic heterocycles. The van der Waals surface area contributed by atoms with Crippen LogP contribution in [0.2, 0.25) is 0 Å². The lowest BCUT2D eigenvalue weighted by Crippen LogP contribution is -1.93. The molecule has 0 fully saturated rings. The molecule has 0 saturated carbocycles. The summed E-state index contributed by atoms with van der Waals surface area (Å²) < 4.78 is 5.59. The molecule has 3 nitrogen and oxygen atoms in total. The molecule has 18 heavy (non-hydrogen) atoms. The fourth-order valence-electron chi connectivity index (χ4n) is 1.89. The van der Waals surface area contributed by atoms with Crippen molar-refractivity contribution in [2.45, 2.75) is 26.7 Å². The number of para-hydroxylation sites is 1. The molecule has 0 aliphatic heterocycles. The first-order valence-corrected chi connectivity index (χ1v) is 6.22. The first-order chi connectivity index (χ1) is 8.77. The first-order valence-electron chi connectivity index (χ1n) is 6.22. The average Bonchev–Trinajstić information content (AvgIpc) is 2.73. The maximum Gasteiger partial charge on any atom is 0.176 e. The zero-order chi connectivity index (χ0) is 13.5. The Bertz CT molecular complexity index is 512. The number of phenolic OH excluding ortho intramolecular Hbond substituents is 1. The molecule has 0 bridgehead atoms. The number of rotatable bonds is 4. The zero-order valence-electron chi connectivity index (χ0n) is 10.9. The lowest BCUT2D eigenvalue weighted by Gasteiger charge is -1.97. The molecule has 2 N–H and O–H groups in total. The molecule has 0 radical (unpaired) electrons. The van der Waals surface area contributed by atoms with Gasteiger partial charge >= 0.3 is 0 Å². The standard InChI is InChI=1S/C13H14O3.C2H6/c1-2-4-12-9(7-8-14)10-5-3-6-11(15)13(10)16-12;1-2/h2-3,5-6,14-15H,1,4,7-8H2;1-2H3. The van der Waals surface area contributed by atoms with Crippen molar-refractivity contribution >= 4 is 11.0 Å². The number of benzene rings is 1. The Morgan fingerprint density at radius 3 is 2.67 bits per heavy atom. The van der Waals surface area contributed by atoms with Crippen LogP contribution in [0, 0.1) is 0 Å². The maximum atomic E-state index is 9.66. The van der Waals surface area contributed by atoms with E-state index in [1.807, 2.05) is 19.9 Å². The molecule has 1 aromatic carbocycles. The number of hydrogen-bond donors (Lipinski definition) is 2. The van der Waals surface area contributed by atoms with Gasteiger partial charge in [-0.1, -0.05) is 32.1 Å².